The minimum absolute atomic E-state index is 0.0958. The zero-order valence-corrected chi connectivity index (χ0v) is 14.6. The highest BCUT2D eigenvalue weighted by molar-refractivity contribution is 6.35. The van der Waals surface area contributed by atoms with Crippen molar-refractivity contribution in [2.24, 2.45) is 0 Å². The van der Waals surface area contributed by atoms with Gasteiger partial charge in [-0.2, -0.15) is 5.26 Å². The van der Waals surface area contributed by atoms with Crippen LogP contribution in [0.4, 0.5) is 11.5 Å². The summed E-state index contributed by atoms with van der Waals surface area (Å²) >= 11 is 12.0. The average Bonchev–Trinajstić information content (AvgIpc) is 2.58. The van der Waals surface area contributed by atoms with Crippen LogP contribution in [0.1, 0.15) is 19.0 Å². The zero-order valence-electron chi connectivity index (χ0n) is 13.1. The molecule has 1 amide bonds. The summed E-state index contributed by atoms with van der Waals surface area (Å²) in [6.07, 6.45) is 0.837. The van der Waals surface area contributed by atoms with Gasteiger partial charge >= 0.3 is 0 Å². The van der Waals surface area contributed by atoms with E-state index in [4.69, 9.17) is 28.5 Å². The van der Waals surface area contributed by atoms with Gasteiger partial charge in [0, 0.05) is 11.6 Å². The van der Waals surface area contributed by atoms with E-state index in [0.717, 1.165) is 6.42 Å². The van der Waals surface area contributed by atoms with Crippen LogP contribution in [0, 0.1) is 11.3 Å². The quantitative estimate of drug-likeness (QED) is 0.838. The highest BCUT2D eigenvalue weighted by atomic mass is 35.5. The largest absolute Gasteiger partial charge is 0.347 e. The summed E-state index contributed by atoms with van der Waals surface area (Å²) in [5.41, 5.74) is 0.774. The summed E-state index contributed by atoms with van der Waals surface area (Å²) in [6.45, 7) is 2.74. The number of carbonyl (C=O) groups is 1. The number of benzene rings is 1. The molecular weight excluding hydrogens is 347 g/mol. The topological polar surface area (TPSA) is 69.0 Å². The molecule has 1 heterocycles. The van der Waals surface area contributed by atoms with Crippen LogP contribution in [0.5, 0.6) is 0 Å². The van der Waals surface area contributed by atoms with E-state index in [1.54, 1.807) is 36.4 Å². The summed E-state index contributed by atoms with van der Waals surface area (Å²) in [5, 5.41) is 12.6. The predicted octanol–water partition coefficient (Wildman–Crippen LogP) is 4.12. The molecule has 0 aliphatic rings. The fourth-order valence-corrected chi connectivity index (χ4v) is 2.50. The first-order chi connectivity index (χ1) is 11.5. The molecule has 0 bridgehead atoms. The lowest BCUT2D eigenvalue weighted by Gasteiger charge is -2.22. The normalized spacial score (nSPS) is 10.1. The van der Waals surface area contributed by atoms with Crippen molar-refractivity contribution in [1.82, 2.24) is 4.98 Å². The number of nitrogens with one attached hydrogen (secondary N) is 1. The van der Waals surface area contributed by atoms with Crippen LogP contribution in [0.3, 0.4) is 0 Å². The lowest BCUT2D eigenvalue weighted by Crippen LogP contribution is -2.34. The van der Waals surface area contributed by atoms with Crippen LogP contribution < -0.4 is 10.2 Å². The molecule has 0 unspecified atom stereocenters. The van der Waals surface area contributed by atoms with Crippen molar-refractivity contribution in [2.45, 2.75) is 13.3 Å². The third-order valence-corrected chi connectivity index (χ3v) is 3.77. The fraction of sp³-hybridized carbons (Fsp3) is 0.235. The van der Waals surface area contributed by atoms with Gasteiger partial charge in [0.25, 0.3) is 0 Å². The number of aromatic nitrogens is 1. The zero-order chi connectivity index (χ0) is 17.5. The summed E-state index contributed by atoms with van der Waals surface area (Å²) in [6, 6.07) is 12.0. The van der Waals surface area contributed by atoms with Gasteiger partial charge in [0.2, 0.25) is 5.91 Å². The first-order valence-corrected chi connectivity index (χ1v) is 8.16. The van der Waals surface area contributed by atoms with E-state index >= 15 is 0 Å². The molecular formula is C17H16Cl2N4O. The molecule has 0 aliphatic heterocycles. The van der Waals surface area contributed by atoms with E-state index in [0.29, 0.717) is 33.8 Å². The Kier molecular flexibility index (Phi) is 6.42. The van der Waals surface area contributed by atoms with Crippen molar-refractivity contribution in [3.05, 3.63) is 52.1 Å². The van der Waals surface area contributed by atoms with E-state index in [2.05, 4.69) is 10.3 Å². The molecule has 0 spiro atoms. The second-order valence-corrected chi connectivity index (χ2v) is 5.93. The van der Waals surface area contributed by atoms with Crippen LogP contribution >= 0.6 is 23.2 Å². The molecule has 5 nitrogen and oxygen atoms in total. The maximum Gasteiger partial charge on any atom is 0.243 e. The molecule has 1 aromatic heterocycles. The molecule has 0 fully saturated rings. The van der Waals surface area contributed by atoms with Crippen LogP contribution in [-0.4, -0.2) is 24.0 Å². The van der Waals surface area contributed by atoms with Crippen molar-refractivity contribution in [3.63, 3.8) is 0 Å². The number of rotatable bonds is 6. The molecule has 2 rings (SSSR count). The number of pyridine rings is 1. The summed E-state index contributed by atoms with van der Waals surface area (Å²) in [7, 11) is 0. The molecule has 1 N–H and O–H groups in total. The maximum atomic E-state index is 12.3. The molecule has 2 aromatic rings. The molecule has 0 radical (unpaired) electrons. The van der Waals surface area contributed by atoms with Crippen molar-refractivity contribution in [1.29, 1.82) is 5.26 Å². The summed E-state index contributed by atoms with van der Waals surface area (Å²) in [5.74, 6) is 0.347. The van der Waals surface area contributed by atoms with E-state index < -0.39 is 0 Å². The van der Waals surface area contributed by atoms with Gasteiger partial charge in [-0.15, -0.1) is 0 Å². The van der Waals surface area contributed by atoms with Gasteiger partial charge < -0.3 is 10.2 Å². The first kappa shape index (κ1) is 18.1. The molecule has 0 aliphatic carbocycles. The Bertz CT molecular complexity index is 773. The SMILES string of the molecule is CCCN(CC(=O)Nc1cc(Cl)ccc1Cl)c1cccc(C#N)n1. The molecule has 24 heavy (non-hydrogen) atoms. The molecule has 7 heteroatoms. The van der Waals surface area contributed by atoms with Gasteiger partial charge in [-0.05, 0) is 36.8 Å². The van der Waals surface area contributed by atoms with Gasteiger partial charge in [0.05, 0.1) is 17.3 Å². The standard InChI is InChI=1S/C17H16Cl2N4O/c1-2-8-23(16-5-3-4-13(10-20)21-16)11-17(24)22-15-9-12(18)6-7-14(15)19/h3-7,9H,2,8,11H2,1H3,(H,22,24). The first-order valence-electron chi connectivity index (χ1n) is 7.40. The van der Waals surface area contributed by atoms with Gasteiger partial charge in [-0.25, -0.2) is 4.98 Å². The third-order valence-electron chi connectivity index (χ3n) is 3.20. The molecule has 0 saturated carbocycles. The number of hydrogen-bond acceptors (Lipinski definition) is 4. The monoisotopic (exact) mass is 362 g/mol. The lowest BCUT2D eigenvalue weighted by molar-refractivity contribution is -0.115. The van der Waals surface area contributed by atoms with Crippen LogP contribution in [0.25, 0.3) is 0 Å². The van der Waals surface area contributed by atoms with Crippen molar-refractivity contribution < 1.29 is 4.79 Å². The van der Waals surface area contributed by atoms with E-state index in [9.17, 15) is 4.79 Å². The molecule has 1 aromatic carbocycles. The Morgan fingerprint density at radius 3 is 2.83 bits per heavy atom. The van der Waals surface area contributed by atoms with E-state index in [1.807, 2.05) is 17.9 Å². The number of amides is 1. The summed E-state index contributed by atoms with van der Waals surface area (Å²) < 4.78 is 0. The predicted molar refractivity (Wildman–Crippen MR) is 96.5 cm³/mol. The number of hydrogen-bond donors (Lipinski definition) is 1. The second kappa shape index (κ2) is 8.53. The molecule has 0 atom stereocenters. The lowest BCUT2D eigenvalue weighted by atomic mass is 10.3. The van der Waals surface area contributed by atoms with Crippen LogP contribution in [0.2, 0.25) is 10.0 Å². The minimum atomic E-state index is -0.239. The minimum Gasteiger partial charge on any atom is -0.347 e. The highest BCUT2D eigenvalue weighted by Crippen LogP contribution is 2.25. The Hall–Kier alpha value is -2.29. The Morgan fingerprint density at radius 1 is 1.33 bits per heavy atom. The molecule has 0 saturated heterocycles. The molecule has 124 valence electrons. The third kappa shape index (κ3) is 4.85. The fourth-order valence-electron chi connectivity index (χ4n) is 2.16. The number of carbonyl (C=O) groups excluding carboxylic acids is 1. The van der Waals surface area contributed by atoms with Crippen molar-refractivity contribution in [2.75, 3.05) is 23.3 Å². The Morgan fingerprint density at radius 2 is 2.12 bits per heavy atom. The highest BCUT2D eigenvalue weighted by Gasteiger charge is 2.14. The van der Waals surface area contributed by atoms with E-state index in [1.165, 1.54) is 0 Å². The van der Waals surface area contributed by atoms with Gasteiger partial charge in [-0.3, -0.25) is 4.79 Å². The van der Waals surface area contributed by atoms with Crippen molar-refractivity contribution in [3.8, 4) is 6.07 Å². The van der Waals surface area contributed by atoms with Gasteiger partial charge in [-0.1, -0.05) is 36.2 Å². The van der Waals surface area contributed by atoms with Crippen LogP contribution in [0.15, 0.2) is 36.4 Å². The van der Waals surface area contributed by atoms with Gasteiger partial charge in [0.15, 0.2) is 0 Å². The Balaban J connectivity index is 2.13. The number of nitriles is 1. The number of anilines is 2. The van der Waals surface area contributed by atoms with E-state index in [-0.39, 0.29) is 12.5 Å². The van der Waals surface area contributed by atoms with Crippen LogP contribution in [-0.2, 0) is 4.79 Å². The number of halogens is 2. The smallest absolute Gasteiger partial charge is 0.243 e. The van der Waals surface area contributed by atoms with Gasteiger partial charge in [0.1, 0.15) is 17.6 Å². The second-order valence-electron chi connectivity index (χ2n) is 5.09. The average molecular weight is 363 g/mol. The summed E-state index contributed by atoms with van der Waals surface area (Å²) in [4.78, 5) is 18.4. The maximum absolute atomic E-state index is 12.3. The van der Waals surface area contributed by atoms with Crippen molar-refractivity contribution >= 4 is 40.6 Å². The number of nitrogens with zero attached hydrogens (tertiary/aromatic N) is 3. The Labute approximate surface area is 150 Å².